The quantitative estimate of drug-likeness (QED) is 0.805. The van der Waals surface area contributed by atoms with Gasteiger partial charge >= 0.3 is 5.97 Å². The van der Waals surface area contributed by atoms with Crippen molar-refractivity contribution in [3.63, 3.8) is 0 Å². The van der Waals surface area contributed by atoms with E-state index in [2.05, 4.69) is 5.32 Å². The molecule has 4 heteroatoms. The maximum absolute atomic E-state index is 11.9. The highest BCUT2D eigenvalue weighted by molar-refractivity contribution is 5.78. The van der Waals surface area contributed by atoms with Crippen LogP contribution < -0.4 is 5.32 Å². The van der Waals surface area contributed by atoms with Gasteiger partial charge in [-0.2, -0.15) is 0 Å². The van der Waals surface area contributed by atoms with Crippen molar-refractivity contribution in [1.82, 2.24) is 5.32 Å². The Bertz CT molecular complexity index is 323. The molecule has 2 aliphatic rings. The average molecular weight is 267 g/mol. The second-order valence-corrected chi connectivity index (χ2v) is 6.09. The summed E-state index contributed by atoms with van der Waals surface area (Å²) in [5.41, 5.74) is 0. The predicted molar refractivity (Wildman–Crippen MR) is 72.7 cm³/mol. The second kappa shape index (κ2) is 6.92. The molecule has 0 radical (unpaired) electrons. The van der Waals surface area contributed by atoms with Crippen molar-refractivity contribution in [2.45, 2.75) is 70.3 Å². The van der Waals surface area contributed by atoms with Gasteiger partial charge in [-0.3, -0.25) is 9.59 Å². The van der Waals surface area contributed by atoms with Crippen LogP contribution in [0.4, 0.5) is 0 Å². The van der Waals surface area contributed by atoms with E-state index in [1.54, 1.807) is 0 Å². The highest BCUT2D eigenvalue weighted by Crippen LogP contribution is 2.29. The number of carboxylic acid groups (broad SMARTS) is 1. The number of hydrogen-bond acceptors (Lipinski definition) is 2. The number of nitrogens with one attached hydrogen (secondary N) is 1. The van der Waals surface area contributed by atoms with Crippen LogP contribution in [-0.2, 0) is 9.59 Å². The highest BCUT2D eigenvalue weighted by atomic mass is 16.4. The maximum Gasteiger partial charge on any atom is 0.308 e. The van der Waals surface area contributed by atoms with E-state index in [0.29, 0.717) is 18.8 Å². The number of carboxylic acids is 1. The van der Waals surface area contributed by atoms with E-state index in [9.17, 15) is 14.7 Å². The lowest BCUT2D eigenvalue weighted by molar-refractivity contribution is -0.144. The largest absolute Gasteiger partial charge is 0.481 e. The van der Waals surface area contributed by atoms with E-state index in [0.717, 1.165) is 25.7 Å². The van der Waals surface area contributed by atoms with Crippen LogP contribution in [0.5, 0.6) is 0 Å². The summed E-state index contributed by atoms with van der Waals surface area (Å²) in [6.45, 7) is 0. The van der Waals surface area contributed by atoms with Gasteiger partial charge in [-0.25, -0.2) is 0 Å². The number of carbonyl (C=O) groups excluding carboxylic acids is 1. The summed E-state index contributed by atoms with van der Waals surface area (Å²) in [6.07, 6.45) is 10.1. The van der Waals surface area contributed by atoms with Crippen LogP contribution in [-0.4, -0.2) is 23.0 Å². The molecule has 2 N–H and O–H groups in total. The fraction of sp³-hybridized carbons (Fsp3) is 0.867. The minimum absolute atomic E-state index is 0.0463. The van der Waals surface area contributed by atoms with Gasteiger partial charge < -0.3 is 10.4 Å². The molecule has 0 spiro atoms. The zero-order valence-corrected chi connectivity index (χ0v) is 11.6. The van der Waals surface area contributed by atoms with E-state index in [4.69, 9.17) is 0 Å². The molecule has 0 heterocycles. The second-order valence-electron chi connectivity index (χ2n) is 6.09. The Hall–Kier alpha value is -1.06. The van der Waals surface area contributed by atoms with Crippen molar-refractivity contribution in [2.24, 2.45) is 11.8 Å². The highest BCUT2D eigenvalue weighted by Gasteiger charge is 2.31. The van der Waals surface area contributed by atoms with Gasteiger partial charge in [-0.1, -0.05) is 38.5 Å². The number of hydrogen-bond donors (Lipinski definition) is 2. The lowest BCUT2D eigenvalue weighted by atomic mass is 9.84. The van der Waals surface area contributed by atoms with Gasteiger partial charge in [0.15, 0.2) is 0 Å². The first kappa shape index (κ1) is 14.4. The van der Waals surface area contributed by atoms with Crippen LogP contribution >= 0.6 is 0 Å². The summed E-state index contributed by atoms with van der Waals surface area (Å²) in [5.74, 6) is -0.387. The summed E-state index contributed by atoms with van der Waals surface area (Å²) in [4.78, 5) is 23.1. The molecule has 2 rings (SSSR count). The number of aliphatic carboxylic acids is 1. The SMILES string of the molecule is O=C(CCC1CCCC1)N[C@H]1CCCC[C@H]1C(=O)O. The molecule has 0 aromatic carbocycles. The van der Waals surface area contributed by atoms with E-state index >= 15 is 0 Å². The molecule has 2 aliphatic carbocycles. The van der Waals surface area contributed by atoms with Gasteiger partial charge in [0.2, 0.25) is 5.91 Å². The Balaban J connectivity index is 1.74. The zero-order chi connectivity index (χ0) is 13.7. The van der Waals surface area contributed by atoms with Crippen molar-refractivity contribution in [1.29, 1.82) is 0 Å². The van der Waals surface area contributed by atoms with Gasteiger partial charge in [0.25, 0.3) is 0 Å². The first-order valence-corrected chi connectivity index (χ1v) is 7.69. The Kier molecular flexibility index (Phi) is 5.23. The topological polar surface area (TPSA) is 66.4 Å². The van der Waals surface area contributed by atoms with Crippen LogP contribution in [0, 0.1) is 11.8 Å². The van der Waals surface area contributed by atoms with E-state index in [1.807, 2.05) is 0 Å². The zero-order valence-electron chi connectivity index (χ0n) is 11.6. The minimum Gasteiger partial charge on any atom is -0.481 e. The summed E-state index contributed by atoms with van der Waals surface area (Å²) in [6, 6.07) is -0.151. The molecule has 2 fully saturated rings. The summed E-state index contributed by atoms with van der Waals surface area (Å²) < 4.78 is 0. The van der Waals surface area contributed by atoms with Crippen molar-refractivity contribution in [3.05, 3.63) is 0 Å². The third kappa shape index (κ3) is 4.22. The Morgan fingerprint density at radius 2 is 1.63 bits per heavy atom. The Labute approximate surface area is 115 Å². The first-order valence-electron chi connectivity index (χ1n) is 7.69. The van der Waals surface area contributed by atoms with E-state index < -0.39 is 5.97 Å². The molecular formula is C15H25NO3. The molecule has 0 bridgehead atoms. The lowest BCUT2D eigenvalue weighted by Crippen LogP contribution is -2.45. The predicted octanol–water partition coefficient (Wildman–Crippen LogP) is 2.72. The summed E-state index contributed by atoms with van der Waals surface area (Å²) in [7, 11) is 0. The number of rotatable bonds is 5. The van der Waals surface area contributed by atoms with Crippen molar-refractivity contribution < 1.29 is 14.7 Å². The van der Waals surface area contributed by atoms with Crippen LogP contribution in [0.25, 0.3) is 0 Å². The Morgan fingerprint density at radius 1 is 1.00 bits per heavy atom. The standard InChI is InChI=1S/C15H25NO3/c17-14(10-9-11-5-1-2-6-11)16-13-8-4-3-7-12(13)15(18)19/h11-13H,1-10H2,(H,16,17)(H,18,19)/t12-,13+/m1/s1. The summed E-state index contributed by atoms with van der Waals surface area (Å²) >= 11 is 0. The maximum atomic E-state index is 11.9. The molecule has 2 atom stereocenters. The number of carbonyl (C=O) groups is 2. The first-order chi connectivity index (χ1) is 9.16. The molecule has 1 amide bonds. The number of amides is 1. The Morgan fingerprint density at radius 3 is 2.32 bits per heavy atom. The van der Waals surface area contributed by atoms with Crippen molar-refractivity contribution in [2.75, 3.05) is 0 Å². The minimum atomic E-state index is -0.763. The molecule has 0 aromatic heterocycles. The van der Waals surface area contributed by atoms with Crippen LogP contribution in [0.2, 0.25) is 0 Å². The van der Waals surface area contributed by atoms with Gasteiger partial charge in [-0.05, 0) is 25.2 Å². The third-order valence-electron chi connectivity index (χ3n) is 4.68. The molecule has 0 aromatic rings. The lowest BCUT2D eigenvalue weighted by Gasteiger charge is -2.29. The molecule has 0 unspecified atom stereocenters. The van der Waals surface area contributed by atoms with Gasteiger partial charge in [0.1, 0.15) is 0 Å². The van der Waals surface area contributed by atoms with E-state index in [-0.39, 0.29) is 17.9 Å². The molecule has 4 nitrogen and oxygen atoms in total. The van der Waals surface area contributed by atoms with Gasteiger partial charge in [0.05, 0.1) is 5.92 Å². The third-order valence-corrected chi connectivity index (χ3v) is 4.68. The molecule has 0 saturated heterocycles. The smallest absolute Gasteiger partial charge is 0.308 e. The van der Waals surface area contributed by atoms with Crippen molar-refractivity contribution >= 4 is 11.9 Å². The van der Waals surface area contributed by atoms with Crippen LogP contribution in [0.1, 0.15) is 64.2 Å². The van der Waals surface area contributed by atoms with Crippen LogP contribution in [0.3, 0.4) is 0 Å². The van der Waals surface area contributed by atoms with E-state index in [1.165, 1.54) is 25.7 Å². The monoisotopic (exact) mass is 267 g/mol. The summed E-state index contributed by atoms with van der Waals surface area (Å²) in [5, 5.41) is 12.1. The van der Waals surface area contributed by atoms with Gasteiger partial charge in [0, 0.05) is 12.5 Å². The fourth-order valence-corrected chi connectivity index (χ4v) is 3.51. The molecular weight excluding hydrogens is 242 g/mol. The van der Waals surface area contributed by atoms with Crippen LogP contribution in [0.15, 0.2) is 0 Å². The fourth-order valence-electron chi connectivity index (χ4n) is 3.51. The molecule has 0 aliphatic heterocycles. The van der Waals surface area contributed by atoms with Gasteiger partial charge in [-0.15, -0.1) is 0 Å². The average Bonchev–Trinajstić information content (AvgIpc) is 2.90. The normalized spacial score (nSPS) is 28.2. The molecule has 108 valence electrons. The molecule has 19 heavy (non-hydrogen) atoms. The van der Waals surface area contributed by atoms with Crippen molar-refractivity contribution in [3.8, 4) is 0 Å². The molecule has 2 saturated carbocycles.